The summed E-state index contributed by atoms with van der Waals surface area (Å²) >= 11 is 0. The molecule has 1 aliphatic heterocycles. The Morgan fingerprint density at radius 1 is 1.18 bits per heavy atom. The first-order valence-corrected chi connectivity index (χ1v) is 9.85. The van der Waals surface area contributed by atoms with Gasteiger partial charge >= 0.3 is 0 Å². The molecular weight excluding hydrogens is 352 g/mol. The van der Waals surface area contributed by atoms with Crippen molar-refractivity contribution in [3.05, 3.63) is 59.4 Å². The Hall–Kier alpha value is -2.70. The standard InChI is InChI=1S/C22H26N4O2/c1-16-3-5-17(6-4-16)22(27)23-18-7-8-20-19(15-18)24-21(25(20)2)9-10-26-11-13-28-14-12-26/h3-8,15H,9-14H2,1-2H3,(H,23,27)/p+1. The van der Waals surface area contributed by atoms with Gasteiger partial charge in [0.1, 0.15) is 18.9 Å². The van der Waals surface area contributed by atoms with Crippen molar-refractivity contribution in [2.45, 2.75) is 13.3 Å². The zero-order valence-electron chi connectivity index (χ0n) is 16.5. The number of imidazole rings is 1. The first kappa shape index (κ1) is 18.7. The summed E-state index contributed by atoms with van der Waals surface area (Å²) in [5.41, 5.74) is 4.55. The number of rotatable bonds is 5. The third kappa shape index (κ3) is 4.08. The van der Waals surface area contributed by atoms with E-state index in [9.17, 15) is 4.79 Å². The summed E-state index contributed by atoms with van der Waals surface area (Å²) < 4.78 is 7.58. The molecule has 146 valence electrons. The molecule has 2 N–H and O–H groups in total. The highest BCUT2D eigenvalue weighted by atomic mass is 16.5. The summed E-state index contributed by atoms with van der Waals surface area (Å²) in [6, 6.07) is 13.5. The number of morpholine rings is 1. The lowest BCUT2D eigenvalue weighted by atomic mass is 10.1. The quantitative estimate of drug-likeness (QED) is 0.708. The van der Waals surface area contributed by atoms with Crippen molar-refractivity contribution in [2.75, 3.05) is 38.2 Å². The largest absolute Gasteiger partial charge is 0.370 e. The lowest BCUT2D eigenvalue weighted by Gasteiger charge is -2.23. The molecule has 1 aliphatic rings. The molecule has 4 rings (SSSR count). The van der Waals surface area contributed by atoms with Crippen molar-refractivity contribution in [3.8, 4) is 0 Å². The number of carbonyl (C=O) groups excluding carboxylic acids is 1. The average molecular weight is 379 g/mol. The van der Waals surface area contributed by atoms with E-state index in [0.29, 0.717) is 5.56 Å². The van der Waals surface area contributed by atoms with E-state index in [-0.39, 0.29) is 5.91 Å². The molecule has 28 heavy (non-hydrogen) atoms. The predicted octanol–water partition coefficient (Wildman–Crippen LogP) is 1.59. The second-order valence-electron chi connectivity index (χ2n) is 7.47. The second kappa shape index (κ2) is 8.12. The van der Waals surface area contributed by atoms with Gasteiger partial charge < -0.3 is 19.5 Å². The Kier molecular flexibility index (Phi) is 5.41. The Balaban J connectivity index is 1.47. The number of anilines is 1. The highest BCUT2D eigenvalue weighted by molar-refractivity contribution is 6.05. The molecule has 6 nitrogen and oxygen atoms in total. The molecule has 0 atom stereocenters. The van der Waals surface area contributed by atoms with Crippen LogP contribution >= 0.6 is 0 Å². The zero-order valence-corrected chi connectivity index (χ0v) is 16.5. The molecule has 0 unspecified atom stereocenters. The number of benzene rings is 2. The molecule has 0 spiro atoms. The lowest BCUT2D eigenvalue weighted by Crippen LogP contribution is -3.14. The van der Waals surface area contributed by atoms with Crippen molar-refractivity contribution in [2.24, 2.45) is 7.05 Å². The summed E-state index contributed by atoms with van der Waals surface area (Å²) in [7, 11) is 2.06. The molecule has 0 radical (unpaired) electrons. The van der Waals surface area contributed by atoms with Crippen LogP contribution in [0, 0.1) is 6.92 Å². The van der Waals surface area contributed by atoms with Gasteiger partial charge in [0.2, 0.25) is 0 Å². The molecule has 2 heterocycles. The highest BCUT2D eigenvalue weighted by Crippen LogP contribution is 2.20. The van der Waals surface area contributed by atoms with Crippen molar-refractivity contribution < 1.29 is 14.4 Å². The molecule has 1 amide bonds. The van der Waals surface area contributed by atoms with Crippen LogP contribution in [0.1, 0.15) is 21.7 Å². The van der Waals surface area contributed by atoms with Crippen LogP contribution in [0.4, 0.5) is 5.69 Å². The first-order chi connectivity index (χ1) is 13.6. The van der Waals surface area contributed by atoms with E-state index in [1.165, 1.54) is 0 Å². The number of quaternary nitrogens is 1. The number of aromatic nitrogens is 2. The summed E-state index contributed by atoms with van der Waals surface area (Å²) in [5.74, 6) is 0.974. The van der Waals surface area contributed by atoms with Gasteiger partial charge in [-0.15, -0.1) is 0 Å². The van der Waals surface area contributed by atoms with E-state index in [2.05, 4.69) is 16.9 Å². The number of hydrogen-bond donors (Lipinski definition) is 2. The molecule has 1 saturated heterocycles. The smallest absolute Gasteiger partial charge is 0.255 e. The Morgan fingerprint density at radius 3 is 2.68 bits per heavy atom. The number of aryl methyl sites for hydroxylation is 2. The minimum atomic E-state index is -0.105. The van der Waals surface area contributed by atoms with Crippen LogP contribution in [-0.2, 0) is 18.2 Å². The molecule has 0 saturated carbocycles. The summed E-state index contributed by atoms with van der Waals surface area (Å²) in [4.78, 5) is 18.9. The number of hydrogen-bond acceptors (Lipinski definition) is 3. The number of carbonyl (C=O) groups is 1. The van der Waals surface area contributed by atoms with Crippen LogP contribution in [0.2, 0.25) is 0 Å². The molecule has 0 aliphatic carbocycles. The molecule has 1 aromatic heterocycles. The first-order valence-electron chi connectivity index (χ1n) is 9.85. The number of nitrogens with zero attached hydrogens (tertiary/aromatic N) is 2. The van der Waals surface area contributed by atoms with Gasteiger partial charge in [-0.2, -0.15) is 0 Å². The van der Waals surface area contributed by atoms with Gasteiger partial charge in [0, 0.05) is 18.3 Å². The summed E-state index contributed by atoms with van der Waals surface area (Å²) in [6.07, 6.45) is 0.936. The Bertz CT molecular complexity index is 972. The van der Waals surface area contributed by atoms with Gasteiger partial charge in [-0.05, 0) is 37.3 Å². The van der Waals surface area contributed by atoms with Crippen LogP contribution in [0.15, 0.2) is 42.5 Å². The van der Waals surface area contributed by atoms with Crippen molar-refractivity contribution in [3.63, 3.8) is 0 Å². The van der Waals surface area contributed by atoms with E-state index in [4.69, 9.17) is 9.72 Å². The highest BCUT2D eigenvalue weighted by Gasteiger charge is 2.16. The maximum atomic E-state index is 12.5. The summed E-state index contributed by atoms with van der Waals surface area (Å²) in [5, 5.41) is 2.98. The third-order valence-corrected chi connectivity index (χ3v) is 5.45. The Labute approximate surface area is 165 Å². The average Bonchev–Trinajstić information content (AvgIpc) is 3.03. The van der Waals surface area contributed by atoms with Crippen LogP contribution in [-0.4, -0.2) is 48.3 Å². The second-order valence-corrected chi connectivity index (χ2v) is 7.47. The van der Waals surface area contributed by atoms with E-state index in [0.717, 1.165) is 67.4 Å². The normalized spacial score (nSPS) is 15.1. The zero-order chi connectivity index (χ0) is 19.5. The fraction of sp³-hybridized carbons (Fsp3) is 0.364. The topological polar surface area (TPSA) is 60.6 Å². The number of ether oxygens (including phenoxy) is 1. The molecule has 6 heteroatoms. The van der Waals surface area contributed by atoms with Gasteiger partial charge in [-0.25, -0.2) is 4.98 Å². The van der Waals surface area contributed by atoms with Crippen LogP contribution < -0.4 is 10.2 Å². The molecule has 0 bridgehead atoms. The summed E-state index contributed by atoms with van der Waals surface area (Å²) in [6.45, 7) is 6.91. The molecule has 1 fully saturated rings. The maximum absolute atomic E-state index is 12.5. The molecule has 2 aromatic carbocycles. The molecule has 3 aromatic rings. The van der Waals surface area contributed by atoms with Gasteiger partial charge in [0.05, 0.1) is 37.2 Å². The SMILES string of the molecule is Cc1ccc(C(=O)Nc2ccc3c(c2)nc(CC[NH+]2CCOCC2)n3C)cc1. The number of amides is 1. The number of nitrogens with one attached hydrogen (secondary N) is 2. The Morgan fingerprint density at radius 2 is 1.93 bits per heavy atom. The number of fused-ring (bicyclic) bond motifs is 1. The van der Waals surface area contributed by atoms with Crippen molar-refractivity contribution in [1.82, 2.24) is 9.55 Å². The fourth-order valence-electron chi connectivity index (χ4n) is 3.66. The minimum absolute atomic E-state index is 0.105. The maximum Gasteiger partial charge on any atom is 0.255 e. The van der Waals surface area contributed by atoms with Crippen molar-refractivity contribution in [1.29, 1.82) is 0 Å². The van der Waals surface area contributed by atoms with Gasteiger partial charge in [0.25, 0.3) is 5.91 Å². The fourth-order valence-corrected chi connectivity index (χ4v) is 3.66. The van der Waals surface area contributed by atoms with Gasteiger partial charge in [-0.1, -0.05) is 17.7 Å². The van der Waals surface area contributed by atoms with Crippen LogP contribution in [0.25, 0.3) is 11.0 Å². The van der Waals surface area contributed by atoms with Crippen molar-refractivity contribution >= 4 is 22.6 Å². The van der Waals surface area contributed by atoms with E-state index in [1.54, 1.807) is 4.90 Å². The lowest BCUT2D eigenvalue weighted by molar-refractivity contribution is -0.907. The minimum Gasteiger partial charge on any atom is -0.370 e. The molecular formula is C22H27N4O2+. The third-order valence-electron chi connectivity index (χ3n) is 5.45. The monoisotopic (exact) mass is 379 g/mol. The van der Waals surface area contributed by atoms with Gasteiger partial charge in [0.15, 0.2) is 0 Å². The van der Waals surface area contributed by atoms with E-state index < -0.39 is 0 Å². The van der Waals surface area contributed by atoms with Crippen LogP contribution in [0.5, 0.6) is 0 Å². The van der Waals surface area contributed by atoms with E-state index in [1.807, 2.05) is 49.4 Å². The van der Waals surface area contributed by atoms with Gasteiger partial charge in [-0.3, -0.25) is 4.79 Å². The predicted molar refractivity (Wildman–Crippen MR) is 110 cm³/mol. The van der Waals surface area contributed by atoms with Crippen LogP contribution in [0.3, 0.4) is 0 Å². The van der Waals surface area contributed by atoms with E-state index >= 15 is 0 Å².